The second kappa shape index (κ2) is 5.05. The molecule has 9 heteroatoms. The number of aliphatic carboxylic acids is 1. The molecule has 0 aliphatic carbocycles. The first-order valence-corrected chi connectivity index (χ1v) is 4.57. The quantitative estimate of drug-likeness (QED) is 0.619. The molecule has 0 aliphatic rings. The summed E-state index contributed by atoms with van der Waals surface area (Å²) in [4.78, 5) is 23.1. The molecule has 3 N–H and O–H groups in total. The second-order valence-corrected chi connectivity index (χ2v) is 3.00. The van der Waals surface area contributed by atoms with Crippen LogP contribution in [0.25, 0.3) is 0 Å². The number of nitrogens with one attached hydrogen (secondary N) is 2. The summed E-state index contributed by atoms with van der Waals surface area (Å²) < 4.78 is 0. The van der Waals surface area contributed by atoms with Crippen LogP contribution in [0.1, 0.15) is 13.3 Å². The Balaban J connectivity index is 2.50. The van der Waals surface area contributed by atoms with E-state index in [0.29, 0.717) is 0 Å². The van der Waals surface area contributed by atoms with Gasteiger partial charge in [0.25, 0.3) is 5.95 Å². The fraction of sp³-hybridized carbons (Fsp3) is 0.571. The van der Waals surface area contributed by atoms with Crippen LogP contribution < -0.4 is 10.6 Å². The number of carbonyl (C=O) groups excluding carboxylic acids is 1. The van der Waals surface area contributed by atoms with Gasteiger partial charge in [0.2, 0.25) is 0 Å². The third kappa shape index (κ3) is 3.19. The van der Waals surface area contributed by atoms with Crippen molar-refractivity contribution in [1.29, 1.82) is 0 Å². The van der Waals surface area contributed by atoms with Crippen molar-refractivity contribution in [3.63, 3.8) is 0 Å². The smallest absolute Gasteiger partial charge is 0.326 e. The highest BCUT2D eigenvalue weighted by Gasteiger charge is 2.18. The van der Waals surface area contributed by atoms with Gasteiger partial charge in [-0.25, -0.2) is 9.59 Å². The average Bonchev–Trinajstić information content (AvgIpc) is 2.60. The second-order valence-electron chi connectivity index (χ2n) is 3.00. The van der Waals surface area contributed by atoms with Crippen molar-refractivity contribution in [3.8, 4) is 0 Å². The van der Waals surface area contributed by atoms with Crippen LogP contribution in [0.4, 0.5) is 10.7 Å². The minimum absolute atomic E-state index is 0.0141. The minimum atomic E-state index is -1.09. The fourth-order valence-electron chi connectivity index (χ4n) is 0.968. The van der Waals surface area contributed by atoms with Gasteiger partial charge in [-0.2, -0.15) is 4.80 Å². The van der Waals surface area contributed by atoms with E-state index in [2.05, 4.69) is 26.0 Å². The Kier molecular flexibility index (Phi) is 3.75. The first-order chi connectivity index (χ1) is 7.52. The Morgan fingerprint density at radius 3 is 2.69 bits per heavy atom. The number of amides is 2. The molecule has 0 aromatic carbocycles. The molecular weight excluding hydrogens is 216 g/mol. The highest BCUT2D eigenvalue weighted by Crippen LogP contribution is 1.94. The molecule has 9 nitrogen and oxygen atoms in total. The Bertz CT molecular complexity index is 389. The molecule has 1 unspecified atom stereocenters. The van der Waals surface area contributed by atoms with Crippen LogP contribution in [0.3, 0.4) is 0 Å². The van der Waals surface area contributed by atoms with Gasteiger partial charge in [-0.3, -0.25) is 5.32 Å². The minimum Gasteiger partial charge on any atom is -0.480 e. The molecule has 1 aromatic heterocycles. The summed E-state index contributed by atoms with van der Waals surface area (Å²) in [7, 11) is 1.54. The van der Waals surface area contributed by atoms with E-state index in [-0.39, 0.29) is 12.4 Å². The van der Waals surface area contributed by atoms with Gasteiger partial charge in [0.1, 0.15) is 6.04 Å². The van der Waals surface area contributed by atoms with E-state index in [9.17, 15) is 9.59 Å². The number of carboxylic acids is 1. The van der Waals surface area contributed by atoms with Crippen LogP contribution in [0.2, 0.25) is 0 Å². The largest absolute Gasteiger partial charge is 0.480 e. The summed E-state index contributed by atoms with van der Waals surface area (Å²) in [5.41, 5.74) is 0. The van der Waals surface area contributed by atoms with E-state index in [0.717, 1.165) is 0 Å². The van der Waals surface area contributed by atoms with E-state index >= 15 is 0 Å². The van der Waals surface area contributed by atoms with Crippen molar-refractivity contribution < 1.29 is 14.7 Å². The molecule has 88 valence electrons. The number of hydrogen-bond donors (Lipinski definition) is 3. The van der Waals surface area contributed by atoms with Crippen molar-refractivity contribution in [2.24, 2.45) is 7.05 Å². The topological polar surface area (TPSA) is 122 Å². The molecule has 2 amide bonds. The predicted molar refractivity (Wildman–Crippen MR) is 52.7 cm³/mol. The molecule has 0 spiro atoms. The van der Waals surface area contributed by atoms with Crippen LogP contribution in [-0.4, -0.2) is 43.4 Å². The molecule has 0 saturated carbocycles. The van der Waals surface area contributed by atoms with Gasteiger partial charge in [0.05, 0.1) is 7.05 Å². The van der Waals surface area contributed by atoms with Gasteiger partial charge in [-0.1, -0.05) is 12.0 Å². The van der Waals surface area contributed by atoms with Gasteiger partial charge in [-0.15, -0.1) is 5.10 Å². The highest BCUT2D eigenvalue weighted by molar-refractivity contribution is 5.90. The summed E-state index contributed by atoms with van der Waals surface area (Å²) in [6.07, 6.45) is 0.288. The maximum Gasteiger partial charge on any atom is 0.326 e. The number of anilines is 1. The number of aromatic nitrogens is 4. The standard InChI is InChI=1S/C7H12N6O3/c1-3-4(5(14)15)8-7(16)9-6-10-12-13(2)11-6/h4H,3H2,1-2H3,(H,14,15)(H2,8,9,11,16). The lowest BCUT2D eigenvalue weighted by atomic mass is 10.2. The third-order valence-corrected chi connectivity index (χ3v) is 1.75. The molecule has 1 aromatic rings. The Hall–Kier alpha value is -2.19. The summed E-state index contributed by atoms with van der Waals surface area (Å²) in [5, 5.41) is 23.9. The van der Waals surface area contributed by atoms with Crippen molar-refractivity contribution in [1.82, 2.24) is 25.5 Å². The molecule has 0 radical (unpaired) electrons. The predicted octanol–water partition coefficient (Wildman–Crippen LogP) is -0.805. The maximum atomic E-state index is 11.3. The number of carbonyl (C=O) groups is 2. The molecule has 0 bridgehead atoms. The molecule has 16 heavy (non-hydrogen) atoms. The van der Waals surface area contributed by atoms with Crippen LogP contribution in [0.5, 0.6) is 0 Å². The summed E-state index contributed by atoms with van der Waals surface area (Å²) >= 11 is 0. The van der Waals surface area contributed by atoms with Gasteiger partial charge < -0.3 is 10.4 Å². The van der Waals surface area contributed by atoms with Gasteiger partial charge in [0, 0.05) is 0 Å². The van der Waals surface area contributed by atoms with Crippen LogP contribution in [-0.2, 0) is 11.8 Å². The lowest BCUT2D eigenvalue weighted by Crippen LogP contribution is -2.42. The number of tetrazole rings is 1. The Labute approximate surface area is 90.8 Å². The number of nitrogens with zero attached hydrogens (tertiary/aromatic N) is 4. The van der Waals surface area contributed by atoms with Crippen molar-refractivity contribution in [2.75, 3.05) is 5.32 Å². The van der Waals surface area contributed by atoms with Gasteiger partial charge >= 0.3 is 12.0 Å². The molecule has 0 saturated heterocycles. The van der Waals surface area contributed by atoms with E-state index in [1.807, 2.05) is 0 Å². The molecule has 1 heterocycles. The van der Waals surface area contributed by atoms with Gasteiger partial charge in [-0.05, 0) is 11.6 Å². The monoisotopic (exact) mass is 228 g/mol. The Morgan fingerprint density at radius 1 is 1.56 bits per heavy atom. The van der Waals surface area contributed by atoms with E-state index in [1.165, 1.54) is 4.80 Å². The lowest BCUT2D eigenvalue weighted by Gasteiger charge is -2.11. The molecule has 0 fully saturated rings. The number of aryl methyl sites for hydroxylation is 1. The van der Waals surface area contributed by atoms with Crippen LogP contribution in [0.15, 0.2) is 0 Å². The number of hydrogen-bond acceptors (Lipinski definition) is 5. The van der Waals surface area contributed by atoms with E-state index < -0.39 is 18.0 Å². The van der Waals surface area contributed by atoms with E-state index in [4.69, 9.17) is 5.11 Å². The zero-order valence-corrected chi connectivity index (χ0v) is 8.84. The number of carboxylic acid groups (broad SMARTS) is 1. The molecule has 1 atom stereocenters. The van der Waals surface area contributed by atoms with E-state index in [1.54, 1.807) is 14.0 Å². The SMILES string of the molecule is CCC(NC(=O)Nc1nnn(C)n1)C(=O)O. The normalized spacial score (nSPS) is 11.9. The summed E-state index contributed by atoms with van der Waals surface area (Å²) in [6, 6.07) is -1.61. The van der Waals surface area contributed by atoms with Gasteiger partial charge in [0.15, 0.2) is 0 Å². The average molecular weight is 228 g/mol. The van der Waals surface area contributed by atoms with Crippen molar-refractivity contribution >= 4 is 17.9 Å². The number of urea groups is 1. The van der Waals surface area contributed by atoms with Crippen molar-refractivity contribution in [2.45, 2.75) is 19.4 Å². The zero-order valence-electron chi connectivity index (χ0n) is 8.84. The third-order valence-electron chi connectivity index (χ3n) is 1.75. The molecule has 0 aliphatic heterocycles. The highest BCUT2D eigenvalue weighted by atomic mass is 16.4. The first-order valence-electron chi connectivity index (χ1n) is 4.57. The van der Waals surface area contributed by atoms with Crippen LogP contribution in [0, 0.1) is 0 Å². The molecule has 1 rings (SSSR count). The Morgan fingerprint density at radius 2 is 2.25 bits per heavy atom. The molecular formula is C7H12N6O3. The van der Waals surface area contributed by atoms with Crippen molar-refractivity contribution in [3.05, 3.63) is 0 Å². The lowest BCUT2D eigenvalue weighted by molar-refractivity contribution is -0.139. The maximum absolute atomic E-state index is 11.3. The summed E-state index contributed by atoms with van der Waals surface area (Å²) in [6.45, 7) is 1.65. The first kappa shape index (κ1) is 11.9. The van der Waals surface area contributed by atoms with Crippen LogP contribution >= 0.6 is 0 Å². The fourth-order valence-corrected chi connectivity index (χ4v) is 0.968. The zero-order chi connectivity index (χ0) is 12.1. The summed E-state index contributed by atoms with van der Waals surface area (Å²) in [5.74, 6) is -1.08. The number of rotatable bonds is 4.